The number of aliphatic hydroxyl groups is 1. The van der Waals surface area contributed by atoms with E-state index in [1.807, 2.05) is 31.2 Å². The van der Waals surface area contributed by atoms with E-state index in [1.165, 1.54) is 0 Å². The highest BCUT2D eigenvalue weighted by atomic mass is 16.3. The lowest BCUT2D eigenvalue weighted by atomic mass is 10.0. The summed E-state index contributed by atoms with van der Waals surface area (Å²) in [6.45, 7) is 4.44. The third-order valence-corrected chi connectivity index (χ3v) is 3.22. The van der Waals surface area contributed by atoms with Crippen LogP contribution in [0.4, 0.5) is 11.4 Å². The largest absolute Gasteiger partial charge is 0.399 e. The first-order valence-corrected chi connectivity index (χ1v) is 6.62. The Bertz CT molecular complexity index is 566. The van der Waals surface area contributed by atoms with E-state index in [2.05, 4.69) is 17.2 Å². The minimum Gasteiger partial charge on any atom is -0.399 e. The van der Waals surface area contributed by atoms with Crippen molar-refractivity contribution in [2.24, 2.45) is 0 Å². The van der Waals surface area contributed by atoms with Gasteiger partial charge in [0.05, 0.1) is 11.1 Å². The minimum atomic E-state index is -0.696. The predicted octanol–water partition coefficient (Wildman–Crippen LogP) is 2.78. The SMILES string of the molecule is CCCC(C)(O)CNc1ccnc2cc(N)ccc12. The molecule has 0 amide bonds. The van der Waals surface area contributed by atoms with Gasteiger partial charge in [-0.25, -0.2) is 0 Å². The normalized spacial score (nSPS) is 14.3. The highest BCUT2D eigenvalue weighted by Gasteiger charge is 2.18. The molecule has 4 nitrogen and oxygen atoms in total. The molecule has 4 N–H and O–H groups in total. The van der Waals surface area contributed by atoms with Crippen LogP contribution in [0.25, 0.3) is 10.9 Å². The number of nitrogens with zero attached hydrogens (tertiary/aromatic N) is 1. The fraction of sp³-hybridized carbons (Fsp3) is 0.400. The molecule has 0 spiro atoms. The van der Waals surface area contributed by atoms with Gasteiger partial charge in [0.2, 0.25) is 0 Å². The lowest BCUT2D eigenvalue weighted by Crippen LogP contribution is -2.33. The number of anilines is 2. The van der Waals surface area contributed by atoms with Crippen molar-refractivity contribution in [2.45, 2.75) is 32.3 Å². The molecule has 0 aliphatic heterocycles. The number of nitrogens with one attached hydrogen (secondary N) is 1. The molecular formula is C15H21N3O. The molecule has 0 bridgehead atoms. The first-order valence-electron chi connectivity index (χ1n) is 6.62. The lowest BCUT2D eigenvalue weighted by molar-refractivity contribution is 0.0637. The van der Waals surface area contributed by atoms with Crippen LogP contribution < -0.4 is 11.1 Å². The Labute approximate surface area is 113 Å². The summed E-state index contributed by atoms with van der Waals surface area (Å²) in [4.78, 5) is 4.30. The minimum absolute atomic E-state index is 0.518. The molecule has 1 heterocycles. The summed E-state index contributed by atoms with van der Waals surface area (Å²) in [6.07, 6.45) is 3.48. The zero-order chi connectivity index (χ0) is 13.9. The van der Waals surface area contributed by atoms with Crippen LogP contribution in [0.1, 0.15) is 26.7 Å². The maximum atomic E-state index is 10.2. The van der Waals surface area contributed by atoms with Crippen LogP contribution >= 0.6 is 0 Å². The second kappa shape index (κ2) is 5.45. The summed E-state index contributed by atoms with van der Waals surface area (Å²) in [5.41, 5.74) is 7.60. The van der Waals surface area contributed by atoms with Gasteiger partial charge in [-0.3, -0.25) is 4.98 Å². The molecule has 2 aromatic rings. The van der Waals surface area contributed by atoms with Gasteiger partial charge in [-0.2, -0.15) is 0 Å². The maximum Gasteiger partial charge on any atom is 0.0791 e. The van der Waals surface area contributed by atoms with Crippen molar-refractivity contribution < 1.29 is 5.11 Å². The van der Waals surface area contributed by atoms with Crippen LogP contribution in [0, 0.1) is 0 Å². The molecule has 4 heteroatoms. The van der Waals surface area contributed by atoms with Gasteiger partial charge in [-0.1, -0.05) is 13.3 Å². The fourth-order valence-electron chi connectivity index (χ4n) is 2.23. The highest BCUT2D eigenvalue weighted by Crippen LogP contribution is 2.24. The number of rotatable bonds is 5. The number of aromatic nitrogens is 1. The van der Waals surface area contributed by atoms with E-state index in [4.69, 9.17) is 5.73 Å². The topological polar surface area (TPSA) is 71.2 Å². The summed E-state index contributed by atoms with van der Waals surface area (Å²) < 4.78 is 0. The Kier molecular flexibility index (Phi) is 3.90. The van der Waals surface area contributed by atoms with Gasteiger partial charge in [-0.05, 0) is 37.6 Å². The Morgan fingerprint density at radius 1 is 1.37 bits per heavy atom. The molecule has 0 radical (unpaired) electrons. The van der Waals surface area contributed by atoms with E-state index in [-0.39, 0.29) is 0 Å². The van der Waals surface area contributed by atoms with Crippen LogP contribution in [0.3, 0.4) is 0 Å². The van der Waals surface area contributed by atoms with Crippen molar-refractivity contribution >= 4 is 22.3 Å². The summed E-state index contributed by atoms with van der Waals surface area (Å²) in [7, 11) is 0. The van der Waals surface area contributed by atoms with Crippen LogP contribution in [0.2, 0.25) is 0 Å². The number of fused-ring (bicyclic) bond motifs is 1. The molecular weight excluding hydrogens is 238 g/mol. The molecule has 0 aliphatic rings. The molecule has 0 saturated heterocycles. The van der Waals surface area contributed by atoms with E-state index in [1.54, 1.807) is 6.20 Å². The van der Waals surface area contributed by atoms with Gasteiger partial charge < -0.3 is 16.2 Å². The van der Waals surface area contributed by atoms with Gasteiger partial charge in [0.15, 0.2) is 0 Å². The summed E-state index contributed by atoms with van der Waals surface area (Å²) in [5.74, 6) is 0. The van der Waals surface area contributed by atoms with Gasteiger partial charge in [0.25, 0.3) is 0 Å². The molecule has 1 unspecified atom stereocenters. The average molecular weight is 259 g/mol. The number of pyridine rings is 1. The summed E-state index contributed by atoms with van der Waals surface area (Å²) >= 11 is 0. The molecule has 102 valence electrons. The maximum absolute atomic E-state index is 10.2. The summed E-state index contributed by atoms with van der Waals surface area (Å²) in [6, 6.07) is 7.58. The van der Waals surface area contributed by atoms with Crippen molar-refractivity contribution in [1.82, 2.24) is 4.98 Å². The van der Waals surface area contributed by atoms with Gasteiger partial charge >= 0.3 is 0 Å². The fourth-order valence-corrected chi connectivity index (χ4v) is 2.23. The van der Waals surface area contributed by atoms with Crippen molar-refractivity contribution in [3.8, 4) is 0 Å². The molecule has 0 fully saturated rings. The van der Waals surface area contributed by atoms with Crippen LogP contribution in [-0.4, -0.2) is 22.2 Å². The first-order chi connectivity index (χ1) is 9.02. The van der Waals surface area contributed by atoms with Crippen molar-refractivity contribution in [3.05, 3.63) is 30.5 Å². The van der Waals surface area contributed by atoms with Gasteiger partial charge in [-0.15, -0.1) is 0 Å². The average Bonchev–Trinajstić information content (AvgIpc) is 2.36. The summed E-state index contributed by atoms with van der Waals surface area (Å²) in [5, 5.41) is 14.5. The molecule has 0 saturated carbocycles. The molecule has 0 aliphatic carbocycles. The number of benzene rings is 1. The third-order valence-electron chi connectivity index (χ3n) is 3.22. The van der Waals surface area contributed by atoms with E-state index in [0.29, 0.717) is 12.2 Å². The Morgan fingerprint density at radius 2 is 2.16 bits per heavy atom. The van der Waals surface area contributed by atoms with Crippen molar-refractivity contribution in [2.75, 3.05) is 17.6 Å². The Morgan fingerprint density at radius 3 is 2.89 bits per heavy atom. The molecule has 1 aromatic carbocycles. The highest BCUT2D eigenvalue weighted by molar-refractivity contribution is 5.92. The number of nitrogen functional groups attached to an aromatic ring is 1. The van der Waals surface area contributed by atoms with E-state index in [0.717, 1.165) is 29.4 Å². The Hall–Kier alpha value is -1.81. The number of nitrogens with two attached hydrogens (primary N) is 1. The predicted molar refractivity (Wildman–Crippen MR) is 80.2 cm³/mol. The van der Waals surface area contributed by atoms with Crippen LogP contribution in [0.5, 0.6) is 0 Å². The smallest absolute Gasteiger partial charge is 0.0791 e. The second-order valence-electron chi connectivity index (χ2n) is 5.24. The first kappa shape index (κ1) is 13.6. The third kappa shape index (κ3) is 3.35. The zero-order valence-electron chi connectivity index (χ0n) is 11.5. The zero-order valence-corrected chi connectivity index (χ0v) is 11.5. The van der Waals surface area contributed by atoms with Crippen molar-refractivity contribution in [3.63, 3.8) is 0 Å². The molecule has 2 rings (SSSR count). The molecule has 1 aromatic heterocycles. The second-order valence-corrected chi connectivity index (χ2v) is 5.24. The van der Waals surface area contributed by atoms with Crippen LogP contribution in [-0.2, 0) is 0 Å². The quantitative estimate of drug-likeness (QED) is 0.722. The van der Waals surface area contributed by atoms with Gasteiger partial charge in [0.1, 0.15) is 0 Å². The van der Waals surface area contributed by atoms with Gasteiger partial charge in [0, 0.05) is 29.5 Å². The number of hydrogen-bond donors (Lipinski definition) is 3. The van der Waals surface area contributed by atoms with Crippen molar-refractivity contribution in [1.29, 1.82) is 0 Å². The van der Waals surface area contributed by atoms with E-state index >= 15 is 0 Å². The standard InChI is InChI=1S/C15H21N3O/c1-3-7-15(2,19)10-18-13-6-8-17-14-9-11(16)4-5-12(13)14/h4-6,8-9,19H,3,7,10,16H2,1-2H3,(H,17,18). The lowest BCUT2D eigenvalue weighted by Gasteiger charge is -2.24. The van der Waals surface area contributed by atoms with E-state index < -0.39 is 5.60 Å². The Balaban J connectivity index is 2.21. The molecule has 19 heavy (non-hydrogen) atoms. The van der Waals surface area contributed by atoms with Crippen LogP contribution in [0.15, 0.2) is 30.5 Å². The monoisotopic (exact) mass is 259 g/mol. The molecule has 1 atom stereocenters. The van der Waals surface area contributed by atoms with E-state index in [9.17, 15) is 5.11 Å². The number of hydrogen-bond acceptors (Lipinski definition) is 4.